The molecular weight excluding hydrogens is 378 g/mol. The Kier molecular flexibility index (Phi) is 6.74. The zero-order valence-electron chi connectivity index (χ0n) is 16.3. The van der Waals surface area contributed by atoms with Crippen LogP contribution in [0.15, 0.2) is 29.3 Å². The van der Waals surface area contributed by atoms with Gasteiger partial charge in [-0.3, -0.25) is 14.7 Å². The molecule has 2 saturated carbocycles. The van der Waals surface area contributed by atoms with Gasteiger partial charge < -0.3 is 4.90 Å². The number of benzene rings is 1. The van der Waals surface area contributed by atoms with Gasteiger partial charge in [0.2, 0.25) is 5.91 Å². The van der Waals surface area contributed by atoms with Crippen LogP contribution in [0.2, 0.25) is 0 Å². The lowest BCUT2D eigenvalue weighted by atomic mass is 9.96. The summed E-state index contributed by atoms with van der Waals surface area (Å²) in [6.45, 7) is 3.77. The summed E-state index contributed by atoms with van der Waals surface area (Å²) in [6.07, 6.45) is 8.96. The third kappa shape index (κ3) is 4.62. The van der Waals surface area contributed by atoms with Crippen molar-refractivity contribution in [1.82, 2.24) is 4.90 Å². The summed E-state index contributed by atoms with van der Waals surface area (Å²) in [7, 11) is 0. The molecule has 0 spiro atoms. The van der Waals surface area contributed by atoms with E-state index < -0.39 is 0 Å². The highest BCUT2D eigenvalue weighted by atomic mass is 35.5. The fourth-order valence-corrected chi connectivity index (χ4v) is 5.37. The number of halogens is 1. The Morgan fingerprint density at radius 1 is 1.11 bits per heavy atom. The highest BCUT2D eigenvalue weighted by Gasteiger charge is 2.44. The van der Waals surface area contributed by atoms with Gasteiger partial charge in [-0.25, -0.2) is 0 Å². The summed E-state index contributed by atoms with van der Waals surface area (Å²) in [5.41, 5.74) is 2.22. The van der Waals surface area contributed by atoms with Gasteiger partial charge in [-0.2, -0.15) is 0 Å². The molecule has 1 amide bonds. The van der Waals surface area contributed by atoms with Crippen molar-refractivity contribution in [1.29, 1.82) is 0 Å². The van der Waals surface area contributed by atoms with Crippen molar-refractivity contribution in [3.63, 3.8) is 0 Å². The molecule has 1 aromatic carbocycles. The van der Waals surface area contributed by atoms with E-state index in [9.17, 15) is 4.79 Å². The quantitative estimate of drug-likeness (QED) is 0.704. The first kappa shape index (κ1) is 20.5. The van der Waals surface area contributed by atoms with Crippen LogP contribution in [0.5, 0.6) is 0 Å². The van der Waals surface area contributed by atoms with E-state index in [-0.39, 0.29) is 24.5 Å². The second kappa shape index (κ2) is 8.87. The van der Waals surface area contributed by atoms with Gasteiger partial charge in [-0.05, 0) is 44.7 Å². The van der Waals surface area contributed by atoms with E-state index in [0.717, 1.165) is 11.4 Å². The predicted molar refractivity (Wildman–Crippen MR) is 117 cm³/mol. The number of anilines is 1. The van der Waals surface area contributed by atoms with Gasteiger partial charge in [0.15, 0.2) is 5.17 Å². The Morgan fingerprint density at radius 2 is 1.78 bits per heavy atom. The third-order valence-electron chi connectivity index (χ3n) is 5.66. The van der Waals surface area contributed by atoms with E-state index in [2.05, 4.69) is 36.1 Å². The number of hydrogen-bond donors (Lipinski definition) is 0. The highest BCUT2D eigenvalue weighted by molar-refractivity contribution is 8.14. The molecule has 2 aliphatic carbocycles. The second-order valence-corrected chi connectivity index (χ2v) is 8.85. The molecule has 148 valence electrons. The van der Waals surface area contributed by atoms with Crippen LogP contribution >= 0.6 is 24.2 Å². The van der Waals surface area contributed by atoms with E-state index in [0.29, 0.717) is 12.1 Å². The van der Waals surface area contributed by atoms with Crippen molar-refractivity contribution in [3.05, 3.63) is 29.8 Å². The Hall–Kier alpha value is -1.20. The molecule has 1 atom stereocenters. The summed E-state index contributed by atoms with van der Waals surface area (Å²) in [6, 6.07) is 9.37. The van der Waals surface area contributed by atoms with E-state index >= 15 is 0 Å². The molecule has 1 heterocycles. The van der Waals surface area contributed by atoms with Crippen LogP contribution in [0.25, 0.3) is 0 Å². The molecule has 27 heavy (non-hydrogen) atoms. The molecule has 0 bridgehead atoms. The average molecular weight is 408 g/mol. The van der Waals surface area contributed by atoms with Gasteiger partial charge in [-0.15, -0.1) is 12.4 Å². The highest BCUT2D eigenvalue weighted by Crippen LogP contribution is 2.40. The van der Waals surface area contributed by atoms with Gasteiger partial charge in [0.25, 0.3) is 0 Å². The molecular formula is C21H30ClN3OS. The number of thioether (sulfide) groups is 1. The van der Waals surface area contributed by atoms with Crippen LogP contribution in [0.1, 0.15) is 57.4 Å². The normalized spacial score (nSPS) is 24.7. The fourth-order valence-electron chi connectivity index (χ4n) is 4.12. The molecule has 0 radical (unpaired) electrons. The molecule has 4 rings (SSSR count). The number of rotatable bonds is 4. The van der Waals surface area contributed by atoms with E-state index in [1.807, 2.05) is 16.7 Å². The fraction of sp³-hybridized carbons (Fsp3) is 0.619. The van der Waals surface area contributed by atoms with Crippen LogP contribution in [-0.2, 0) is 4.79 Å². The van der Waals surface area contributed by atoms with Crippen molar-refractivity contribution in [2.24, 2.45) is 4.99 Å². The van der Waals surface area contributed by atoms with Gasteiger partial charge >= 0.3 is 0 Å². The Balaban J connectivity index is 0.00000210. The second-order valence-electron chi connectivity index (χ2n) is 7.86. The largest absolute Gasteiger partial charge is 0.327 e. The van der Waals surface area contributed by atoms with Gasteiger partial charge in [0.05, 0.1) is 6.04 Å². The number of carbonyl (C=O) groups excluding carboxylic acids is 1. The number of aryl methyl sites for hydroxylation is 1. The van der Waals surface area contributed by atoms with Crippen LogP contribution in [0.3, 0.4) is 0 Å². The topological polar surface area (TPSA) is 35.9 Å². The van der Waals surface area contributed by atoms with Gasteiger partial charge in [-0.1, -0.05) is 48.7 Å². The predicted octanol–water partition coefficient (Wildman–Crippen LogP) is 5.00. The summed E-state index contributed by atoms with van der Waals surface area (Å²) < 4.78 is 0. The van der Waals surface area contributed by atoms with E-state index in [1.54, 1.807) is 6.92 Å². The van der Waals surface area contributed by atoms with Crippen LogP contribution < -0.4 is 4.90 Å². The maximum Gasteiger partial charge on any atom is 0.225 e. The SMILES string of the molecule is CC(=O)N(c1ccc(C)cc1)C1CSC(=NC2CCCCC2)N1C1CC1.Cl. The monoisotopic (exact) mass is 407 g/mol. The van der Waals surface area contributed by atoms with Crippen LogP contribution in [0, 0.1) is 6.92 Å². The van der Waals surface area contributed by atoms with E-state index in [1.165, 1.54) is 55.7 Å². The van der Waals surface area contributed by atoms with Crippen molar-refractivity contribution in [2.45, 2.75) is 77.0 Å². The summed E-state index contributed by atoms with van der Waals surface area (Å²) in [4.78, 5) is 22.1. The standard InChI is InChI=1S/C21H29N3OS.ClH/c1-15-8-10-18(11-9-15)23(16(2)25)20-14-26-21(24(20)19-12-13-19)22-17-6-4-3-5-7-17;/h8-11,17,19-20H,3-7,12-14H2,1-2H3;1H. The Labute approximate surface area is 173 Å². The molecule has 3 fully saturated rings. The summed E-state index contributed by atoms with van der Waals surface area (Å²) in [5, 5.41) is 1.18. The zero-order valence-corrected chi connectivity index (χ0v) is 17.9. The number of amidine groups is 1. The minimum absolute atomic E-state index is 0. The maximum absolute atomic E-state index is 12.6. The summed E-state index contributed by atoms with van der Waals surface area (Å²) >= 11 is 1.85. The molecule has 3 aliphatic rings. The lowest BCUT2D eigenvalue weighted by molar-refractivity contribution is -0.117. The first-order chi connectivity index (χ1) is 12.6. The first-order valence-corrected chi connectivity index (χ1v) is 11.0. The molecule has 0 N–H and O–H groups in total. The molecule has 1 saturated heterocycles. The third-order valence-corrected chi connectivity index (χ3v) is 6.70. The number of aliphatic imine (C=N–C) groups is 1. The number of hydrogen-bond acceptors (Lipinski definition) is 3. The van der Waals surface area contributed by atoms with Gasteiger partial charge in [0, 0.05) is 24.4 Å². The molecule has 0 aromatic heterocycles. The lowest BCUT2D eigenvalue weighted by Crippen LogP contribution is -2.51. The van der Waals surface area contributed by atoms with Crippen LogP contribution in [0.4, 0.5) is 5.69 Å². The summed E-state index contributed by atoms with van der Waals surface area (Å²) in [5.74, 6) is 1.03. The molecule has 6 heteroatoms. The van der Waals surface area contributed by atoms with Crippen molar-refractivity contribution >= 4 is 40.9 Å². The van der Waals surface area contributed by atoms with Crippen molar-refractivity contribution in [2.75, 3.05) is 10.7 Å². The smallest absolute Gasteiger partial charge is 0.225 e. The minimum atomic E-state index is 0. The Morgan fingerprint density at radius 3 is 2.37 bits per heavy atom. The number of amides is 1. The number of nitrogens with zero attached hydrogens (tertiary/aromatic N) is 3. The molecule has 1 aromatic rings. The average Bonchev–Trinajstić information content (AvgIpc) is 3.40. The van der Waals surface area contributed by atoms with Crippen molar-refractivity contribution < 1.29 is 4.79 Å². The molecule has 1 aliphatic heterocycles. The maximum atomic E-state index is 12.6. The first-order valence-electron chi connectivity index (χ1n) is 9.99. The van der Waals surface area contributed by atoms with Crippen LogP contribution in [-0.4, -0.2) is 40.0 Å². The Bertz CT molecular complexity index is 683. The lowest BCUT2D eigenvalue weighted by Gasteiger charge is -2.35. The zero-order chi connectivity index (χ0) is 18.1. The number of carbonyl (C=O) groups is 1. The van der Waals surface area contributed by atoms with E-state index in [4.69, 9.17) is 4.99 Å². The molecule has 4 nitrogen and oxygen atoms in total. The van der Waals surface area contributed by atoms with Gasteiger partial charge in [0.1, 0.15) is 6.17 Å². The van der Waals surface area contributed by atoms with Crippen molar-refractivity contribution in [3.8, 4) is 0 Å². The minimum Gasteiger partial charge on any atom is -0.327 e. The molecule has 1 unspecified atom stereocenters.